The molecule has 34 heavy (non-hydrogen) atoms. The van der Waals surface area contributed by atoms with Crippen LogP contribution in [0.1, 0.15) is 31.7 Å². The first kappa shape index (κ1) is 26.0. The van der Waals surface area contributed by atoms with Gasteiger partial charge in [-0.3, -0.25) is 9.10 Å². The van der Waals surface area contributed by atoms with Crippen molar-refractivity contribution in [3.63, 3.8) is 0 Å². The van der Waals surface area contributed by atoms with Crippen LogP contribution in [0.4, 0.5) is 11.4 Å². The quantitative estimate of drug-likeness (QED) is 0.556. The highest BCUT2D eigenvalue weighted by molar-refractivity contribution is 7.92. The summed E-state index contributed by atoms with van der Waals surface area (Å²) in [6.45, 7) is 4.50. The number of hydrogen-bond acceptors (Lipinski definition) is 6. The third kappa shape index (κ3) is 5.53. The van der Waals surface area contributed by atoms with Crippen LogP contribution in [0.3, 0.4) is 0 Å². The van der Waals surface area contributed by atoms with Crippen molar-refractivity contribution in [2.45, 2.75) is 44.0 Å². The van der Waals surface area contributed by atoms with Crippen molar-refractivity contribution in [1.82, 2.24) is 4.31 Å². The number of hydrogen-bond donors (Lipinski definition) is 1. The van der Waals surface area contributed by atoms with E-state index in [1.54, 1.807) is 31.2 Å². The van der Waals surface area contributed by atoms with E-state index in [0.717, 1.165) is 29.0 Å². The van der Waals surface area contributed by atoms with Gasteiger partial charge in [-0.15, -0.1) is 0 Å². The van der Waals surface area contributed by atoms with Crippen molar-refractivity contribution in [3.8, 4) is 5.75 Å². The summed E-state index contributed by atoms with van der Waals surface area (Å²) < 4.78 is 59.2. The van der Waals surface area contributed by atoms with Crippen molar-refractivity contribution in [1.29, 1.82) is 0 Å². The predicted molar refractivity (Wildman–Crippen MR) is 132 cm³/mol. The number of carbonyl (C=O) groups excluding carboxylic acids is 1. The molecule has 1 atom stereocenters. The molecule has 1 aliphatic rings. The fraction of sp³-hybridized carbons (Fsp3) is 0.435. The first-order valence-corrected chi connectivity index (χ1v) is 14.3. The molecule has 1 fully saturated rings. The molecule has 2 aromatic carbocycles. The normalized spacial score (nSPS) is 15.6. The number of nitrogens with zero attached hydrogens (tertiary/aromatic N) is 2. The largest absolute Gasteiger partial charge is 0.495 e. The van der Waals surface area contributed by atoms with E-state index in [1.165, 1.54) is 29.6 Å². The van der Waals surface area contributed by atoms with Gasteiger partial charge in [0.2, 0.25) is 26.0 Å². The molecular formula is C23H31N3O6S2. The number of aryl methyl sites for hydroxylation is 1. The number of ether oxygens (including phenoxy) is 1. The fourth-order valence-corrected chi connectivity index (χ4v) is 6.75. The van der Waals surface area contributed by atoms with Crippen LogP contribution < -0.4 is 14.4 Å². The number of rotatable bonds is 9. The lowest BCUT2D eigenvalue weighted by atomic mass is 10.1. The van der Waals surface area contributed by atoms with E-state index in [4.69, 9.17) is 4.74 Å². The van der Waals surface area contributed by atoms with Gasteiger partial charge < -0.3 is 10.1 Å². The van der Waals surface area contributed by atoms with Gasteiger partial charge >= 0.3 is 0 Å². The van der Waals surface area contributed by atoms with Crippen molar-refractivity contribution in [2.24, 2.45) is 0 Å². The molecule has 0 aromatic heterocycles. The van der Waals surface area contributed by atoms with E-state index in [-0.39, 0.29) is 22.8 Å². The first-order chi connectivity index (χ1) is 16.0. The number of nitrogens with one attached hydrogen (secondary N) is 1. The molecule has 0 saturated carbocycles. The monoisotopic (exact) mass is 509 g/mol. The standard InChI is InChI=1S/C23H31N3O6S2/c1-5-21(26(33(4,28)29)18-10-8-17(2)9-11-18)23(27)24-20-16-19(12-13-22(20)32-3)34(30,31)25-14-6-7-15-25/h8-13,16,21H,5-7,14-15H2,1-4H3,(H,24,27). The topological polar surface area (TPSA) is 113 Å². The van der Waals surface area contributed by atoms with Gasteiger partial charge in [0, 0.05) is 13.1 Å². The number of carbonyl (C=O) groups is 1. The van der Waals surface area contributed by atoms with Crippen molar-refractivity contribution in [2.75, 3.05) is 36.1 Å². The highest BCUT2D eigenvalue weighted by Crippen LogP contribution is 2.31. The lowest BCUT2D eigenvalue weighted by Gasteiger charge is -2.30. The molecule has 0 spiro atoms. The fourth-order valence-electron chi connectivity index (χ4n) is 3.99. The molecule has 3 rings (SSSR count). The zero-order valence-corrected chi connectivity index (χ0v) is 21.4. The lowest BCUT2D eigenvalue weighted by molar-refractivity contribution is -0.117. The van der Waals surface area contributed by atoms with E-state index in [0.29, 0.717) is 18.8 Å². The summed E-state index contributed by atoms with van der Waals surface area (Å²) >= 11 is 0. The second-order valence-corrected chi connectivity index (χ2v) is 12.1. The van der Waals surface area contributed by atoms with Gasteiger partial charge in [-0.05, 0) is 56.5 Å². The third-order valence-electron chi connectivity index (χ3n) is 5.75. The summed E-state index contributed by atoms with van der Waals surface area (Å²) in [7, 11) is -6.10. The Morgan fingerprint density at radius 1 is 1.09 bits per heavy atom. The van der Waals surface area contributed by atoms with Crippen molar-refractivity contribution < 1.29 is 26.4 Å². The van der Waals surface area contributed by atoms with Crippen LogP contribution in [0.5, 0.6) is 5.75 Å². The highest BCUT2D eigenvalue weighted by atomic mass is 32.2. The highest BCUT2D eigenvalue weighted by Gasteiger charge is 2.33. The maximum atomic E-state index is 13.3. The summed E-state index contributed by atoms with van der Waals surface area (Å²) in [5.41, 5.74) is 1.48. The lowest BCUT2D eigenvalue weighted by Crippen LogP contribution is -2.47. The Balaban J connectivity index is 1.96. The predicted octanol–water partition coefficient (Wildman–Crippen LogP) is 2.97. The van der Waals surface area contributed by atoms with Gasteiger partial charge in [-0.1, -0.05) is 24.6 Å². The van der Waals surface area contributed by atoms with E-state index in [1.807, 2.05) is 6.92 Å². The maximum absolute atomic E-state index is 13.3. The number of benzene rings is 2. The molecule has 0 bridgehead atoms. The molecule has 1 unspecified atom stereocenters. The number of amides is 1. The first-order valence-electron chi connectivity index (χ1n) is 11.0. The zero-order chi connectivity index (χ0) is 25.1. The van der Waals surface area contributed by atoms with Gasteiger partial charge in [-0.2, -0.15) is 4.31 Å². The minimum atomic E-state index is -3.80. The van der Waals surface area contributed by atoms with Crippen molar-refractivity contribution in [3.05, 3.63) is 48.0 Å². The van der Waals surface area contributed by atoms with E-state index in [9.17, 15) is 21.6 Å². The maximum Gasteiger partial charge on any atom is 0.248 e. The van der Waals surface area contributed by atoms with Crippen LogP contribution in [0.15, 0.2) is 47.4 Å². The third-order valence-corrected chi connectivity index (χ3v) is 8.82. The minimum Gasteiger partial charge on any atom is -0.495 e. The Bertz CT molecular complexity index is 1240. The molecule has 1 amide bonds. The van der Waals surface area contributed by atoms with Gasteiger partial charge in [0.1, 0.15) is 11.8 Å². The van der Waals surface area contributed by atoms with Crippen LogP contribution in [-0.2, 0) is 24.8 Å². The smallest absolute Gasteiger partial charge is 0.248 e. The molecule has 186 valence electrons. The molecule has 0 radical (unpaired) electrons. The summed E-state index contributed by atoms with van der Waals surface area (Å²) in [6, 6.07) is 10.1. The molecule has 2 aromatic rings. The average molecular weight is 510 g/mol. The van der Waals surface area contributed by atoms with E-state index >= 15 is 0 Å². The zero-order valence-electron chi connectivity index (χ0n) is 19.8. The summed E-state index contributed by atoms with van der Waals surface area (Å²) in [5, 5.41) is 2.70. The molecule has 1 N–H and O–H groups in total. The van der Waals surface area contributed by atoms with Gasteiger partial charge in [0.05, 0.1) is 29.6 Å². The van der Waals surface area contributed by atoms with Gasteiger partial charge in [0.15, 0.2) is 0 Å². The summed E-state index contributed by atoms with van der Waals surface area (Å²) in [6.07, 6.45) is 2.85. The molecule has 1 heterocycles. The SMILES string of the molecule is CCC(C(=O)Nc1cc(S(=O)(=O)N2CCCC2)ccc1OC)N(c1ccc(C)cc1)S(C)(=O)=O. The number of sulfonamides is 2. The van der Waals surface area contributed by atoms with Gasteiger partial charge in [0.25, 0.3) is 0 Å². The Morgan fingerprint density at radius 3 is 2.24 bits per heavy atom. The molecule has 11 heteroatoms. The molecule has 9 nitrogen and oxygen atoms in total. The van der Waals surface area contributed by atoms with Crippen LogP contribution >= 0.6 is 0 Å². The van der Waals surface area contributed by atoms with Gasteiger partial charge in [-0.25, -0.2) is 16.8 Å². The Kier molecular flexibility index (Phi) is 7.89. The van der Waals surface area contributed by atoms with Crippen molar-refractivity contribution >= 4 is 37.3 Å². The van der Waals surface area contributed by atoms with E-state index in [2.05, 4.69) is 5.32 Å². The van der Waals surface area contributed by atoms with Crippen LogP contribution in [0, 0.1) is 6.92 Å². The molecule has 0 aliphatic carbocycles. The molecular weight excluding hydrogens is 478 g/mol. The Labute approximate surface area is 201 Å². The van der Waals surface area contributed by atoms with Crippen LogP contribution in [0.25, 0.3) is 0 Å². The summed E-state index contributed by atoms with van der Waals surface area (Å²) in [4.78, 5) is 13.4. The van der Waals surface area contributed by atoms with Crippen LogP contribution in [-0.4, -0.2) is 59.5 Å². The molecule has 1 saturated heterocycles. The minimum absolute atomic E-state index is 0.0389. The van der Waals surface area contributed by atoms with Crippen LogP contribution in [0.2, 0.25) is 0 Å². The Morgan fingerprint density at radius 2 is 1.71 bits per heavy atom. The molecule has 1 aliphatic heterocycles. The summed E-state index contributed by atoms with van der Waals surface area (Å²) in [5.74, 6) is -0.327. The average Bonchev–Trinajstić information content (AvgIpc) is 3.33. The second-order valence-electron chi connectivity index (χ2n) is 8.28. The Hall–Kier alpha value is -2.63. The van der Waals surface area contributed by atoms with E-state index < -0.39 is 32.0 Å². The number of anilines is 2. The number of methoxy groups -OCH3 is 1. The second kappa shape index (κ2) is 10.3.